The molecule has 0 unspecified atom stereocenters. The molecule has 1 aromatic carbocycles. The molecule has 0 aliphatic heterocycles. The number of benzene rings is 1. The van der Waals surface area contributed by atoms with Gasteiger partial charge in [0, 0.05) is 13.1 Å². The second-order valence-corrected chi connectivity index (χ2v) is 4.06. The van der Waals surface area contributed by atoms with Crippen LogP contribution in [-0.2, 0) is 6.54 Å². The minimum absolute atomic E-state index is 0.570. The fourth-order valence-electron chi connectivity index (χ4n) is 1.43. The minimum atomic E-state index is 0.570. The molecule has 0 saturated carbocycles. The van der Waals surface area contributed by atoms with Gasteiger partial charge in [0.1, 0.15) is 11.8 Å². The van der Waals surface area contributed by atoms with Crippen LogP contribution >= 0.6 is 0 Å². The number of hydrogen-bond donors (Lipinski definition) is 1. The Morgan fingerprint density at radius 1 is 1.47 bits per heavy atom. The van der Waals surface area contributed by atoms with Crippen LogP contribution in [0.5, 0.6) is 5.75 Å². The van der Waals surface area contributed by atoms with Crippen molar-refractivity contribution >= 4 is 0 Å². The molecule has 0 aromatic heterocycles. The first-order valence-electron chi connectivity index (χ1n) is 5.58. The Hall–Kier alpha value is -1.79. The molecule has 0 spiro atoms. The van der Waals surface area contributed by atoms with E-state index in [1.807, 2.05) is 12.1 Å². The molecule has 3 heteroatoms. The van der Waals surface area contributed by atoms with Gasteiger partial charge in [-0.05, 0) is 31.5 Å². The molecular weight excluding hydrogens is 212 g/mol. The molecule has 1 aromatic rings. The van der Waals surface area contributed by atoms with Crippen molar-refractivity contribution < 1.29 is 4.74 Å². The van der Waals surface area contributed by atoms with Crippen molar-refractivity contribution in [3.05, 3.63) is 41.0 Å². The molecule has 0 aliphatic rings. The second-order valence-electron chi connectivity index (χ2n) is 4.06. The van der Waals surface area contributed by atoms with Crippen LogP contribution in [0.4, 0.5) is 0 Å². The predicted molar refractivity (Wildman–Crippen MR) is 68.8 cm³/mol. The van der Waals surface area contributed by atoms with Crippen LogP contribution in [0.1, 0.15) is 25.0 Å². The summed E-state index contributed by atoms with van der Waals surface area (Å²) in [6.07, 6.45) is 2.14. The SMILES string of the molecule is COc1cc(CNCC=C(C)C)ccc1C#N. The van der Waals surface area contributed by atoms with Gasteiger partial charge in [0.05, 0.1) is 12.7 Å². The van der Waals surface area contributed by atoms with Gasteiger partial charge in [-0.1, -0.05) is 17.7 Å². The molecule has 17 heavy (non-hydrogen) atoms. The van der Waals surface area contributed by atoms with Crippen LogP contribution in [0.2, 0.25) is 0 Å². The van der Waals surface area contributed by atoms with E-state index in [1.165, 1.54) is 5.57 Å². The highest BCUT2D eigenvalue weighted by molar-refractivity contribution is 5.45. The maximum atomic E-state index is 8.86. The molecule has 0 aliphatic carbocycles. The topological polar surface area (TPSA) is 45.0 Å². The Morgan fingerprint density at radius 3 is 2.82 bits per heavy atom. The van der Waals surface area contributed by atoms with Crippen molar-refractivity contribution in [3.8, 4) is 11.8 Å². The number of nitrogens with zero attached hydrogens (tertiary/aromatic N) is 1. The zero-order chi connectivity index (χ0) is 12.7. The van der Waals surface area contributed by atoms with E-state index in [2.05, 4.69) is 31.3 Å². The minimum Gasteiger partial charge on any atom is -0.495 e. The monoisotopic (exact) mass is 230 g/mol. The quantitative estimate of drug-likeness (QED) is 0.624. The Bertz CT molecular complexity index is 440. The summed E-state index contributed by atoms with van der Waals surface area (Å²) >= 11 is 0. The summed E-state index contributed by atoms with van der Waals surface area (Å²) in [7, 11) is 1.58. The molecule has 3 nitrogen and oxygen atoms in total. The van der Waals surface area contributed by atoms with Crippen LogP contribution in [0.15, 0.2) is 29.8 Å². The van der Waals surface area contributed by atoms with E-state index in [4.69, 9.17) is 10.00 Å². The molecule has 0 amide bonds. The number of hydrogen-bond acceptors (Lipinski definition) is 3. The fraction of sp³-hybridized carbons (Fsp3) is 0.357. The summed E-state index contributed by atoms with van der Waals surface area (Å²) in [5.41, 5.74) is 2.98. The maximum absolute atomic E-state index is 8.86. The maximum Gasteiger partial charge on any atom is 0.136 e. The molecule has 0 fully saturated rings. The van der Waals surface area contributed by atoms with E-state index in [9.17, 15) is 0 Å². The van der Waals surface area contributed by atoms with Gasteiger partial charge in [0.25, 0.3) is 0 Å². The summed E-state index contributed by atoms with van der Waals surface area (Å²) in [5, 5.41) is 12.2. The summed E-state index contributed by atoms with van der Waals surface area (Å²) in [4.78, 5) is 0. The third-order valence-corrected chi connectivity index (χ3v) is 2.37. The molecule has 0 bridgehead atoms. The van der Waals surface area contributed by atoms with Crippen molar-refractivity contribution in [2.24, 2.45) is 0 Å². The van der Waals surface area contributed by atoms with Gasteiger partial charge in [0.2, 0.25) is 0 Å². The van der Waals surface area contributed by atoms with E-state index in [0.29, 0.717) is 11.3 Å². The molecule has 0 heterocycles. The van der Waals surface area contributed by atoms with Gasteiger partial charge in [0.15, 0.2) is 0 Å². The van der Waals surface area contributed by atoms with Crippen molar-refractivity contribution in [1.29, 1.82) is 5.26 Å². The lowest BCUT2D eigenvalue weighted by molar-refractivity contribution is 0.413. The van der Waals surface area contributed by atoms with Crippen LogP contribution in [-0.4, -0.2) is 13.7 Å². The number of ether oxygens (including phenoxy) is 1. The van der Waals surface area contributed by atoms with Crippen LogP contribution in [0, 0.1) is 11.3 Å². The summed E-state index contributed by atoms with van der Waals surface area (Å²) < 4.78 is 5.16. The Balaban J connectivity index is 2.61. The van der Waals surface area contributed by atoms with Crippen LogP contribution in [0.3, 0.4) is 0 Å². The molecular formula is C14H18N2O. The van der Waals surface area contributed by atoms with E-state index in [0.717, 1.165) is 18.7 Å². The lowest BCUT2D eigenvalue weighted by Crippen LogP contribution is -2.13. The summed E-state index contributed by atoms with van der Waals surface area (Å²) in [6, 6.07) is 7.73. The molecule has 1 N–H and O–H groups in total. The van der Waals surface area contributed by atoms with Crippen LogP contribution in [0.25, 0.3) is 0 Å². The van der Waals surface area contributed by atoms with Crippen molar-refractivity contribution in [3.63, 3.8) is 0 Å². The molecule has 0 radical (unpaired) electrons. The summed E-state index contributed by atoms with van der Waals surface area (Å²) in [6.45, 7) is 5.77. The van der Waals surface area contributed by atoms with E-state index >= 15 is 0 Å². The van der Waals surface area contributed by atoms with Gasteiger partial charge in [-0.25, -0.2) is 0 Å². The van der Waals surface area contributed by atoms with E-state index < -0.39 is 0 Å². The first kappa shape index (κ1) is 13.3. The lowest BCUT2D eigenvalue weighted by Gasteiger charge is -2.07. The number of methoxy groups -OCH3 is 1. The molecule has 0 atom stereocenters. The molecule has 0 saturated heterocycles. The predicted octanol–water partition coefficient (Wildman–Crippen LogP) is 2.62. The number of rotatable bonds is 5. The van der Waals surface area contributed by atoms with Gasteiger partial charge in [-0.3, -0.25) is 0 Å². The number of nitrogens with one attached hydrogen (secondary N) is 1. The van der Waals surface area contributed by atoms with E-state index in [-0.39, 0.29) is 0 Å². The average Bonchev–Trinajstić information content (AvgIpc) is 2.34. The van der Waals surface area contributed by atoms with Crippen molar-refractivity contribution in [2.75, 3.05) is 13.7 Å². The standard InChI is InChI=1S/C14H18N2O/c1-11(2)6-7-16-10-12-4-5-13(9-15)14(8-12)17-3/h4-6,8,16H,7,10H2,1-3H3. The largest absolute Gasteiger partial charge is 0.495 e. The Morgan fingerprint density at radius 2 is 2.24 bits per heavy atom. The normalized spacial score (nSPS) is 9.53. The first-order chi connectivity index (χ1) is 8.17. The van der Waals surface area contributed by atoms with E-state index in [1.54, 1.807) is 13.2 Å². The highest BCUT2D eigenvalue weighted by atomic mass is 16.5. The third-order valence-electron chi connectivity index (χ3n) is 2.37. The average molecular weight is 230 g/mol. The number of nitriles is 1. The smallest absolute Gasteiger partial charge is 0.136 e. The second kappa shape index (κ2) is 6.72. The van der Waals surface area contributed by atoms with Crippen molar-refractivity contribution in [1.82, 2.24) is 5.32 Å². The first-order valence-corrected chi connectivity index (χ1v) is 5.58. The van der Waals surface area contributed by atoms with Gasteiger partial charge in [-0.2, -0.15) is 5.26 Å². The summed E-state index contributed by atoms with van der Waals surface area (Å²) in [5.74, 6) is 0.633. The zero-order valence-corrected chi connectivity index (χ0v) is 10.6. The number of allylic oxidation sites excluding steroid dienone is 1. The lowest BCUT2D eigenvalue weighted by atomic mass is 10.1. The van der Waals surface area contributed by atoms with Crippen molar-refractivity contribution in [2.45, 2.75) is 20.4 Å². The molecule has 1 rings (SSSR count). The van der Waals surface area contributed by atoms with Gasteiger partial charge in [-0.15, -0.1) is 0 Å². The van der Waals surface area contributed by atoms with Crippen LogP contribution < -0.4 is 10.1 Å². The highest BCUT2D eigenvalue weighted by Gasteiger charge is 2.02. The fourth-order valence-corrected chi connectivity index (χ4v) is 1.43. The van der Waals surface area contributed by atoms with Gasteiger partial charge >= 0.3 is 0 Å². The highest BCUT2D eigenvalue weighted by Crippen LogP contribution is 2.18. The third kappa shape index (κ3) is 4.29. The van der Waals surface area contributed by atoms with Gasteiger partial charge < -0.3 is 10.1 Å². The Kier molecular flexibility index (Phi) is 5.25. The zero-order valence-electron chi connectivity index (χ0n) is 10.6. The molecule has 90 valence electrons. The Labute approximate surface area is 103 Å².